The average molecular weight is 299 g/mol. The van der Waals surface area contributed by atoms with Crippen molar-refractivity contribution in [2.45, 2.75) is 6.43 Å². The molecule has 0 aliphatic rings. The highest BCUT2D eigenvalue weighted by molar-refractivity contribution is 7.13. The number of anilines is 2. The van der Waals surface area contributed by atoms with Crippen LogP contribution in [0.15, 0.2) is 35.8 Å². The lowest BCUT2D eigenvalue weighted by atomic mass is 10.3. The predicted molar refractivity (Wildman–Crippen MR) is 72.7 cm³/mol. The number of nitrogens with one attached hydrogen (secondary N) is 2. The van der Waals surface area contributed by atoms with Crippen LogP contribution in [0.2, 0.25) is 0 Å². The summed E-state index contributed by atoms with van der Waals surface area (Å²) in [5, 5.41) is 7.19. The van der Waals surface area contributed by atoms with E-state index in [-0.39, 0.29) is 5.75 Å². The highest BCUT2D eigenvalue weighted by Crippen LogP contribution is 2.24. The van der Waals surface area contributed by atoms with Gasteiger partial charge in [-0.25, -0.2) is 18.6 Å². The molecule has 2 N–H and O–H groups in total. The third kappa shape index (κ3) is 4.16. The van der Waals surface area contributed by atoms with Crippen LogP contribution in [0.1, 0.15) is 0 Å². The second-order valence-corrected chi connectivity index (χ2v) is 4.51. The van der Waals surface area contributed by atoms with Crippen LogP contribution in [0, 0.1) is 0 Å². The molecule has 0 aliphatic carbocycles. The molecule has 1 aromatic carbocycles. The molecule has 0 fully saturated rings. The van der Waals surface area contributed by atoms with Gasteiger partial charge in [0.1, 0.15) is 12.4 Å². The second kappa shape index (κ2) is 6.80. The molecule has 0 aliphatic heterocycles. The number of benzene rings is 1. The number of rotatable bonds is 5. The van der Waals surface area contributed by atoms with E-state index in [0.29, 0.717) is 10.8 Å². The first-order valence-electron chi connectivity index (χ1n) is 5.62. The summed E-state index contributed by atoms with van der Waals surface area (Å²) in [6.45, 7) is -0.729. The molecule has 0 bridgehead atoms. The van der Waals surface area contributed by atoms with E-state index in [0.717, 1.165) is 0 Å². The summed E-state index contributed by atoms with van der Waals surface area (Å²) in [5.41, 5.74) is 0.308. The van der Waals surface area contributed by atoms with Crippen molar-refractivity contribution < 1.29 is 18.3 Å². The molecule has 106 valence electrons. The molecule has 0 saturated heterocycles. The number of carbonyl (C=O) groups is 1. The predicted octanol–water partition coefficient (Wildman–Crippen LogP) is 3.43. The van der Waals surface area contributed by atoms with E-state index in [4.69, 9.17) is 4.74 Å². The molecule has 0 saturated carbocycles. The third-order valence-electron chi connectivity index (χ3n) is 2.15. The molecule has 8 heteroatoms. The maximum atomic E-state index is 12.1. The van der Waals surface area contributed by atoms with E-state index in [9.17, 15) is 13.6 Å². The lowest BCUT2D eigenvalue weighted by Crippen LogP contribution is -2.20. The van der Waals surface area contributed by atoms with Crippen LogP contribution < -0.4 is 15.4 Å². The van der Waals surface area contributed by atoms with Gasteiger partial charge in [0.25, 0.3) is 6.43 Å². The minimum absolute atomic E-state index is 0.182. The van der Waals surface area contributed by atoms with Crippen molar-refractivity contribution >= 4 is 28.2 Å². The van der Waals surface area contributed by atoms with E-state index in [1.54, 1.807) is 29.8 Å². The van der Waals surface area contributed by atoms with E-state index in [2.05, 4.69) is 15.6 Å². The summed E-state index contributed by atoms with van der Waals surface area (Å²) >= 11 is 1.27. The summed E-state index contributed by atoms with van der Waals surface area (Å²) in [6, 6.07) is 5.83. The topological polar surface area (TPSA) is 63.2 Å². The fourth-order valence-corrected chi connectivity index (χ4v) is 1.91. The molecule has 0 atom stereocenters. The first-order chi connectivity index (χ1) is 9.65. The van der Waals surface area contributed by atoms with Crippen LogP contribution in [0.3, 0.4) is 0 Å². The second-order valence-electron chi connectivity index (χ2n) is 3.61. The average Bonchev–Trinajstić information content (AvgIpc) is 2.90. The fourth-order valence-electron chi connectivity index (χ4n) is 1.38. The van der Waals surface area contributed by atoms with Crippen molar-refractivity contribution in [1.29, 1.82) is 0 Å². The number of thiazole rings is 1. The Kier molecular flexibility index (Phi) is 4.83. The maximum Gasteiger partial charge on any atom is 0.325 e. The third-order valence-corrected chi connectivity index (χ3v) is 2.84. The Morgan fingerprint density at radius 1 is 1.35 bits per heavy atom. The van der Waals surface area contributed by atoms with Gasteiger partial charge in [0.2, 0.25) is 0 Å². The van der Waals surface area contributed by atoms with Crippen molar-refractivity contribution in [2.24, 2.45) is 0 Å². The summed E-state index contributed by atoms with van der Waals surface area (Å²) in [6.07, 6.45) is -1.02. The molecular formula is C12H11F2N3O2S. The molecule has 1 aromatic heterocycles. The Hall–Kier alpha value is -2.22. The van der Waals surface area contributed by atoms with Gasteiger partial charge in [0, 0.05) is 11.6 Å². The fraction of sp³-hybridized carbons (Fsp3) is 0.167. The number of hydrogen-bond acceptors (Lipinski definition) is 4. The largest absolute Gasteiger partial charge is 0.485 e. The number of carbonyl (C=O) groups excluding carboxylic acids is 1. The van der Waals surface area contributed by atoms with Gasteiger partial charge >= 0.3 is 6.03 Å². The van der Waals surface area contributed by atoms with E-state index < -0.39 is 19.1 Å². The van der Waals surface area contributed by atoms with Gasteiger partial charge in [-0.05, 0) is 12.1 Å². The molecule has 0 spiro atoms. The number of nitrogens with zero attached hydrogens (tertiary/aromatic N) is 1. The van der Waals surface area contributed by atoms with Crippen LogP contribution in [0.5, 0.6) is 5.75 Å². The molecule has 2 rings (SSSR count). The normalized spacial score (nSPS) is 10.3. The molecular weight excluding hydrogens is 288 g/mol. The van der Waals surface area contributed by atoms with E-state index in [1.165, 1.54) is 17.4 Å². The Labute approximate surface area is 117 Å². The number of para-hydroxylation sites is 2. The Bertz CT molecular complexity index is 564. The van der Waals surface area contributed by atoms with Gasteiger partial charge in [-0.1, -0.05) is 12.1 Å². The molecule has 20 heavy (non-hydrogen) atoms. The molecule has 0 radical (unpaired) electrons. The highest BCUT2D eigenvalue weighted by Gasteiger charge is 2.10. The first-order valence-corrected chi connectivity index (χ1v) is 6.50. The van der Waals surface area contributed by atoms with Crippen LogP contribution in [-0.4, -0.2) is 24.0 Å². The Balaban J connectivity index is 1.99. The number of urea groups is 1. The van der Waals surface area contributed by atoms with Crippen LogP contribution in [-0.2, 0) is 0 Å². The lowest BCUT2D eigenvalue weighted by Gasteiger charge is -2.12. The number of amides is 2. The monoisotopic (exact) mass is 299 g/mol. The summed E-state index contributed by atoms with van der Waals surface area (Å²) in [7, 11) is 0. The number of aromatic nitrogens is 1. The zero-order valence-corrected chi connectivity index (χ0v) is 11.0. The smallest absolute Gasteiger partial charge is 0.325 e. The van der Waals surface area contributed by atoms with Gasteiger partial charge in [-0.15, -0.1) is 11.3 Å². The maximum absolute atomic E-state index is 12.1. The molecule has 2 amide bonds. The van der Waals surface area contributed by atoms with Gasteiger partial charge in [0.15, 0.2) is 5.13 Å². The van der Waals surface area contributed by atoms with Gasteiger partial charge in [-0.3, -0.25) is 5.32 Å². The number of halogens is 2. The number of alkyl halides is 2. The van der Waals surface area contributed by atoms with Gasteiger partial charge in [0.05, 0.1) is 5.69 Å². The zero-order valence-electron chi connectivity index (χ0n) is 10.2. The van der Waals surface area contributed by atoms with Crippen molar-refractivity contribution in [3.63, 3.8) is 0 Å². The summed E-state index contributed by atoms with van der Waals surface area (Å²) in [4.78, 5) is 15.6. The Morgan fingerprint density at radius 3 is 2.85 bits per heavy atom. The van der Waals surface area contributed by atoms with E-state index in [1.807, 2.05) is 0 Å². The minimum atomic E-state index is -2.58. The minimum Gasteiger partial charge on any atom is -0.485 e. The van der Waals surface area contributed by atoms with E-state index >= 15 is 0 Å². The van der Waals surface area contributed by atoms with Crippen molar-refractivity contribution in [3.05, 3.63) is 35.8 Å². The standard InChI is InChI=1S/C12H11F2N3O2S/c13-10(14)7-19-9-4-2-1-3-8(9)16-11(18)17-12-15-5-6-20-12/h1-6,10H,7H2,(H2,15,16,17,18). The first kappa shape index (κ1) is 14.2. The SMILES string of the molecule is O=C(Nc1nccs1)Nc1ccccc1OCC(F)F. The van der Waals surface area contributed by atoms with Crippen LogP contribution >= 0.6 is 11.3 Å². The molecule has 1 heterocycles. The quantitative estimate of drug-likeness (QED) is 0.889. The number of hydrogen-bond donors (Lipinski definition) is 2. The zero-order chi connectivity index (χ0) is 14.4. The van der Waals surface area contributed by atoms with Gasteiger partial charge < -0.3 is 10.1 Å². The summed E-state index contributed by atoms with van der Waals surface area (Å²) < 4.78 is 29.2. The molecule has 0 unspecified atom stereocenters. The van der Waals surface area contributed by atoms with Crippen LogP contribution in [0.4, 0.5) is 24.4 Å². The lowest BCUT2D eigenvalue weighted by molar-refractivity contribution is 0.0823. The molecule has 5 nitrogen and oxygen atoms in total. The molecule has 2 aromatic rings. The highest BCUT2D eigenvalue weighted by atomic mass is 32.1. The van der Waals surface area contributed by atoms with Gasteiger partial charge in [-0.2, -0.15) is 0 Å². The van der Waals surface area contributed by atoms with Crippen molar-refractivity contribution in [2.75, 3.05) is 17.2 Å². The van der Waals surface area contributed by atoms with Crippen molar-refractivity contribution in [3.8, 4) is 5.75 Å². The van der Waals surface area contributed by atoms with Crippen LogP contribution in [0.25, 0.3) is 0 Å². The number of ether oxygens (including phenoxy) is 1. The van der Waals surface area contributed by atoms with Crippen molar-refractivity contribution in [1.82, 2.24) is 4.98 Å². The Morgan fingerprint density at radius 2 is 2.15 bits per heavy atom. The summed E-state index contributed by atoms with van der Waals surface area (Å²) in [5.74, 6) is 0.182.